The second kappa shape index (κ2) is 9.25. The summed E-state index contributed by atoms with van der Waals surface area (Å²) in [6, 6.07) is 15.4. The molecule has 0 aliphatic carbocycles. The van der Waals surface area contributed by atoms with Gasteiger partial charge in [-0.1, -0.05) is 65.0 Å². The third-order valence-corrected chi connectivity index (χ3v) is 4.40. The molecule has 0 heterocycles. The van der Waals surface area contributed by atoms with Crippen LogP contribution in [0.25, 0.3) is 0 Å². The molecule has 2 aromatic carbocycles. The molecule has 0 saturated heterocycles. The lowest BCUT2D eigenvalue weighted by Crippen LogP contribution is -2.26. The molecule has 0 aliphatic heterocycles. The van der Waals surface area contributed by atoms with Crippen LogP contribution in [-0.2, 0) is 9.53 Å². The number of carbonyl (C=O) groups excluding carboxylic acids is 3. The van der Waals surface area contributed by atoms with Gasteiger partial charge in [0.25, 0.3) is 0 Å². The van der Waals surface area contributed by atoms with Crippen molar-refractivity contribution in [3.8, 4) is 0 Å². The van der Waals surface area contributed by atoms with Crippen molar-refractivity contribution in [2.45, 2.75) is 13.3 Å². The minimum atomic E-state index is -1.01. The van der Waals surface area contributed by atoms with E-state index >= 15 is 0 Å². The first-order chi connectivity index (χ1) is 12.4. The van der Waals surface area contributed by atoms with Crippen LogP contribution in [0.1, 0.15) is 34.1 Å². The second-order valence-corrected chi connectivity index (χ2v) is 6.57. The van der Waals surface area contributed by atoms with Gasteiger partial charge in [0.05, 0.1) is 12.5 Å². The molecule has 0 fully saturated rings. The van der Waals surface area contributed by atoms with Crippen LogP contribution < -0.4 is 0 Å². The fraction of sp³-hybridized carbons (Fsp3) is 0.190. The van der Waals surface area contributed by atoms with Crippen molar-refractivity contribution >= 4 is 33.5 Å². The van der Waals surface area contributed by atoms with Crippen LogP contribution in [0, 0.1) is 5.92 Å². The lowest BCUT2D eigenvalue weighted by atomic mass is 9.88. The summed E-state index contributed by atoms with van der Waals surface area (Å²) in [5, 5.41) is 0. The Bertz CT molecular complexity index is 810. The van der Waals surface area contributed by atoms with Gasteiger partial charge in [-0.05, 0) is 19.1 Å². The first-order valence-corrected chi connectivity index (χ1v) is 8.97. The molecule has 4 nitrogen and oxygen atoms in total. The number of carbonyl (C=O) groups is 3. The molecule has 0 spiro atoms. The Morgan fingerprint density at radius 2 is 1.62 bits per heavy atom. The van der Waals surface area contributed by atoms with Crippen LogP contribution in [0.2, 0.25) is 0 Å². The maximum atomic E-state index is 12.6. The van der Waals surface area contributed by atoms with Gasteiger partial charge >= 0.3 is 5.97 Å². The summed E-state index contributed by atoms with van der Waals surface area (Å²) >= 11 is 3.31. The van der Waals surface area contributed by atoms with Gasteiger partial charge in [0.2, 0.25) is 0 Å². The fourth-order valence-electron chi connectivity index (χ4n) is 2.46. The van der Waals surface area contributed by atoms with Gasteiger partial charge in [-0.2, -0.15) is 0 Å². The third-order valence-electron chi connectivity index (χ3n) is 3.88. The largest absolute Gasteiger partial charge is 0.466 e. The topological polar surface area (TPSA) is 60.4 Å². The van der Waals surface area contributed by atoms with Crippen molar-refractivity contribution in [1.29, 1.82) is 0 Å². The third kappa shape index (κ3) is 4.99. The van der Waals surface area contributed by atoms with Crippen molar-refractivity contribution in [2.24, 2.45) is 5.92 Å². The molecule has 0 amide bonds. The van der Waals surface area contributed by atoms with Gasteiger partial charge in [-0.3, -0.25) is 14.4 Å². The summed E-state index contributed by atoms with van der Waals surface area (Å²) in [4.78, 5) is 37.5. The van der Waals surface area contributed by atoms with Crippen molar-refractivity contribution in [2.75, 3.05) is 6.61 Å². The van der Waals surface area contributed by atoms with Crippen molar-refractivity contribution in [3.63, 3.8) is 0 Å². The van der Waals surface area contributed by atoms with Crippen LogP contribution in [0.3, 0.4) is 0 Å². The van der Waals surface area contributed by atoms with E-state index in [0.717, 1.165) is 4.47 Å². The molecule has 134 valence electrons. The summed E-state index contributed by atoms with van der Waals surface area (Å²) in [6.45, 7) is 5.62. The number of esters is 1. The van der Waals surface area contributed by atoms with E-state index in [1.54, 1.807) is 61.5 Å². The van der Waals surface area contributed by atoms with E-state index in [2.05, 4.69) is 22.5 Å². The first kappa shape index (κ1) is 19.8. The molecule has 0 saturated carbocycles. The van der Waals surface area contributed by atoms with Gasteiger partial charge in [-0.25, -0.2) is 0 Å². The first-order valence-electron chi connectivity index (χ1n) is 8.18. The molecule has 0 radical (unpaired) electrons. The van der Waals surface area contributed by atoms with E-state index in [-0.39, 0.29) is 30.2 Å². The average Bonchev–Trinajstić information content (AvgIpc) is 2.66. The Labute approximate surface area is 161 Å². The van der Waals surface area contributed by atoms with E-state index < -0.39 is 11.9 Å². The van der Waals surface area contributed by atoms with Gasteiger partial charge in [0, 0.05) is 27.6 Å². The molecule has 0 aliphatic rings. The van der Waals surface area contributed by atoms with Gasteiger partial charge in [-0.15, -0.1) is 0 Å². The van der Waals surface area contributed by atoms with E-state index in [1.807, 2.05) is 0 Å². The Balaban J connectivity index is 2.24. The summed E-state index contributed by atoms with van der Waals surface area (Å²) < 4.78 is 5.90. The quantitative estimate of drug-likeness (QED) is 0.358. The maximum absolute atomic E-state index is 12.6. The van der Waals surface area contributed by atoms with E-state index in [9.17, 15) is 14.4 Å². The number of halogens is 1. The van der Waals surface area contributed by atoms with E-state index in [4.69, 9.17) is 4.74 Å². The van der Waals surface area contributed by atoms with Gasteiger partial charge in [0.1, 0.15) is 0 Å². The minimum absolute atomic E-state index is 0.0557. The maximum Gasteiger partial charge on any atom is 0.313 e. The van der Waals surface area contributed by atoms with E-state index in [1.165, 1.54) is 0 Å². The number of ether oxygens (including phenoxy) is 1. The lowest BCUT2D eigenvalue weighted by molar-refractivity contribution is -0.146. The average molecular weight is 415 g/mol. The Hall–Kier alpha value is -2.53. The van der Waals surface area contributed by atoms with Crippen molar-refractivity contribution in [3.05, 3.63) is 82.3 Å². The summed E-state index contributed by atoms with van der Waals surface area (Å²) in [6.07, 6.45) is -0.169. The molecule has 5 heteroatoms. The molecule has 2 aromatic rings. The van der Waals surface area contributed by atoms with Crippen LogP contribution in [0.4, 0.5) is 0 Å². The molecule has 0 bridgehead atoms. The Morgan fingerprint density at radius 1 is 1.00 bits per heavy atom. The standard InChI is InChI=1S/C21H19BrO4/c1-3-26-21(25)18(13-19(23)15-9-11-17(22)12-10-15)14(2)20(24)16-7-5-4-6-8-16/h4-12,18H,2-3,13H2,1H3/t18-/m1/s1. The highest BCUT2D eigenvalue weighted by molar-refractivity contribution is 9.10. The fourth-order valence-corrected chi connectivity index (χ4v) is 2.73. The molecule has 0 unspecified atom stereocenters. The van der Waals surface area contributed by atoms with Gasteiger partial charge in [0.15, 0.2) is 11.6 Å². The number of ketones is 2. The summed E-state index contributed by atoms with van der Waals surface area (Å²) in [5.41, 5.74) is 0.936. The number of rotatable bonds is 8. The smallest absolute Gasteiger partial charge is 0.313 e. The molecule has 2 rings (SSSR count). The predicted octanol–water partition coefficient (Wildman–Crippen LogP) is 4.64. The number of hydrogen-bond acceptors (Lipinski definition) is 4. The normalized spacial score (nSPS) is 11.5. The highest BCUT2D eigenvalue weighted by atomic mass is 79.9. The predicted molar refractivity (Wildman–Crippen MR) is 103 cm³/mol. The van der Waals surface area contributed by atoms with Crippen LogP contribution in [-0.4, -0.2) is 24.1 Å². The zero-order valence-corrected chi connectivity index (χ0v) is 16.0. The molecule has 1 atom stereocenters. The molecule has 0 N–H and O–H groups in total. The number of benzene rings is 2. The zero-order valence-electron chi connectivity index (χ0n) is 14.4. The highest BCUT2D eigenvalue weighted by Crippen LogP contribution is 2.23. The Kier molecular flexibility index (Phi) is 7.04. The molecular formula is C21H19BrO4. The van der Waals surface area contributed by atoms with Crippen molar-refractivity contribution < 1.29 is 19.1 Å². The van der Waals surface area contributed by atoms with Gasteiger partial charge < -0.3 is 4.74 Å². The van der Waals surface area contributed by atoms with Crippen molar-refractivity contribution in [1.82, 2.24) is 0 Å². The zero-order chi connectivity index (χ0) is 19.1. The number of Topliss-reactive ketones (excluding diaryl/α,β-unsaturated/α-hetero) is 2. The number of hydrogen-bond donors (Lipinski definition) is 0. The summed E-state index contributed by atoms with van der Waals surface area (Å²) in [7, 11) is 0. The van der Waals surface area contributed by atoms with Crippen LogP contribution >= 0.6 is 15.9 Å². The highest BCUT2D eigenvalue weighted by Gasteiger charge is 2.30. The van der Waals surface area contributed by atoms with E-state index in [0.29, 0.717) is 11.1 Å². The SMILES string of the molecule is C=C(C(=O)c1ccccc1)[C@@H](CC(=O)c1ccc(Br)cc1)C(=O)OCC. The monoisotopic (exact) mass is 414 g/mol. The lowest BCUT2D eigenvalue weighted by Gasteiger charge is -2.17. The molecule has 26 heavy (non-hydrogen) atoms. The second-order valence-electron chi connectivity index (χ2n) is 5.66. The minimum Gasteiger partial charge on any atom is -0.466 e. The molecular weight excluding hydrogens is 396 g/mol. The van der Waals surface area contributed by atoms with Crippen LogP contribution in [0.5, 0.6) is 0 Å². The molecule has 0 aromatic heterocycles. The summed E-state index contributed by atoms with van der Waals surface area (Å²) in [5.74, 6) is -2.25. The Morgan fingerprint density at radius 3 is 2.19 bits per heavy atom. The van der Waals surface area contributed by atoms with Crippen LogP contribution in [0.15, 0.2) is 71.2 Å².